The number of carbonyl (C=O) groups is 1. The van der Waals surface area contributed by atoms with Crippen molar-refractivity contribution < 1.29 is 32.5 Å². The fourth-order valence-electron chi connectivity index (χ4n) is 4.40. The number of methoxy groups -OCH3 is 1. The number of aryl methyl sites for hydroxylation is 2. The van der Waals surface area contributed by atoms with Gasteiger partial charge in [0, 0.05) is 22.7 Å². The average molecular weight is 564 g/mol. The second kappa shape index (κ2) is 13.5. The van der Waals surface area contributed by atoms with Gasteiger partial charge >= 0.3 is 12.1 Å². The molecule has 0 aliphatic carbocycles. The van der Waals surface area contributed by atoms with Gasteiger partial charge in [-0.15, -0.1) is 11.3 Å². The Balaban J connectivity index is 1.81. The fourth-order valence-corrected chi connectivity index (χ4v) is 5.44. The Kier molecular flexibility index (Phi) is 10.6. The summed E-state index contributed by atoms with van der Waals surface area (Å²) in [6.07, 6.45) is -7.41. The smallest absolute Gasteiger partial charge is 0.389 e. The number of aliphatic hydroxyl groups excluding tert-OH is 1. The molecule has 5 nitrogen and oxygen atoms in total. The highest BCUT2D eigenvalue weighted by molar-refractivity contribution is 7.12. The Bertz CT molecular complexity index is 1210. The predicted octanol–water partition coefficient (Wildman–Crippen LogP) is 7.76. The van der Waals surface area contributed by atoms with E-state index in [9.17, 15) is 23.1 Å². The molecule has 0 aliphatic rings. The van der Waals surface area contributed by atoms with Crippen LogP contribution >= 0.6 is 11.3 Å². The maximum Gasteiger partial charge on any atom is 0.389 e. The molecule has 1 heterocycles. The lowest BCUT2D eigenvalue weighted by molar-refractivity contribution is -0.141. The molecule has 2 atom stereocenters. The van der Waals surface area contributed by atoms with Gasteiger partial charge in [0.25, 0.3) is 0 Å². The number of ether oxygens (including phenoxy) is 2. The summed E-state index contributed by atoms with van der Waals surface area (Å²) >= 11 is 1.17. The van der Waals surface area contributed by atoms with Gasteiger partial charge in [-0.1, -0.05) is 38.1 Å². The van der Waals surface area contributed by atoms with Crippen LogP contribution in [0.3, 0.4) is 0 Å². The van der Waals surface area contributed by atoms with Crippen molar-refractivity contribution in [1.29, 1.82) is 0 Å². The summed E-state index contributed by atoms with van der Waals surface area (Å²) in [5.74, 6) is 0.512. The molecule has 0 fully saturated rings. The zero-order valence-corrected chi connectivity index (χ0v) is 23.7. The molecule has 0 amide bonds. The van der Waals surface area contributed by atoms with Crippen molar-refractivity contribution in [3.05, 3.63) is 75.0 Å². The van der Waals surface area contributed by atoms with Crippen molar-refractivity contribution in [3.8, 4) is 16.9 Å². The Morgan fingerprint density at radius 2 is 1.64 bits per heavy atom. The van der Waals surface area contributed by atoms with E-state index in [-0.39, 0.29) is 19.4 Å². The van der Waals surface area contributed by atoms with Crippen LogP contribution in [-0.4, -0.2) is 30.9 Å². The van der Waals surface area contributed by atoms with Crippen molar-refractivity contribution in [2.24, 2.45) is 0 Å². The molecule has 0 bridgehead atoms. The second-order valence-corrected chi connectivity index (χ2v) is 11.0. The average Bonchev–Trinajstić information content (AvgIpc) is 3.36. The summed E-state index contributed by atoms with van der Waals surface area (Å²) in [5, 5.41) is 13.2. The minimum Gasteiger partial charge on any atom is -0.485 e. The van der Waals surface area contributed by atoms with Crippen molar-refractivity contribution in [3.63, 3.8) is 0 Å². The van der Waals surface area contributed by atoms with Gasteiger partial charge < -0.3 is 14.6 Å². The molecule has 1 aromatic heterocycles. The van der Waals surface area contributed by atoms with E-state index in [0.29, 0.717) is 21.4 Å². The van der Waals surface area contributed by atoms with E-state index in [1.807, 2.05) is 26.0 Å². The van der Waals surface area contributed by atoms with Gasteiger partial charge in [0.05, 0.1) is 13.5 Å². The van der Waals surface area contributed by atoms with Crippen LogP contribution in [0.1, 0.15) is 77.8 Å². The van der Waals surface area contributed by atoms with E-state index < -0.39 is 30.9 Å². The van der Waals surface area contributed by atoms with Crippen molar-refractivity contribution >= 4 is 17.3 Å². The third-order valence-corrected chi connectivity index (χ3v) is 7.70. The van der Waals surface area contributed by atoms with E-state index in [0.717, 1.165) is 22.3 Å². The number of benzene rings is 2. The van der Waals surface area contributed by atoms with Gasteiger partial charge in [0.2, 0.25) is 0 Å². The molecule has 212 valence electrons. The molecule has 2 aromatic carbocycles. The molecular weight excluding hydrogens is 527 g/mol. The van der Waals surface area contributed by atoms with Crippen LogP contribution in [0.2, 0.25) is 0 Å². The summed E-state index contributed by atoms with van der Waals surface area (Å²) in [6.45, 7) is 8.42. The fraction of sp³-hybridized carbons (Fsp3) is 0.433. The van der Waals surface area contributed by atoms with Gasteiger partial charge in [-0.2, -0.15) is 13.2 Å². The largest absolute Gasteiger partial charge is 0.485 e. The van der Waals surface area contributed by atoms with E-state index in [1.165, 1.54) is 24.0 Å². The molecule has 2 N–H and O–H groups in total. The number of alkyl halides is 3. The maximum absolute atomic E-state index is 13.1. The van der Waals surface area contributed by atoms with Crippen LogP contribution < -0.4 is 10.1 Å². The topological polar surface area (TPSA) is 67.8 Å². The number of carbonyl (C=O) groups excluding carboxylic acids is 1. The number of aliphatic hydroxyl groups is 1. The first-order valence-electron chi connectivity index (χ1n) is 12.9. The number of rotatable bonds is 12. The molecule has 39 heavy (non-hydrogen) atoms. The highest BCUT2D eigenvalue weighted by Crippen LogP contribution is 2.38. The summed E-state index contributed by atoms with van der Waals surface area (Å²) in [7, 11) is 1.28. The molecular formula is C30H36F3NO4S. The SMILES string of the molecule is COC(=O)CCNC(O)c1ccc(C(CCC(F)(F)F)Oc2cc(C)c(-c3ccc(C(C)C)cc3)c(C)c2)s1. The van der Waals surface area contributed by atoms with Crippen molar-refractivity contribution in [1.82, 2.24) is 5.32 Å². The zero-order valence-electron chi connectivity index (χ0n) is 22.9. The van der Waals surface area contributed by atoms with Crippen LogP contribution in [0, 0.1) is 13.8 Å². The first-order chi connectivity index (χ1) is 18.4. The Labute approximate surface area is 232 Å². The molecule has 0 spiro atoms. The molecule has 3 rings (SSSR count). The Hall–Kier alpha value is -2.88. The summed E-state index contributed by atoms with van der Waals surface area (Å²) < 4.78 is 50.2. The highest BCUT2D eigenvalue weighted by Gasteiger charge is 2.30. The highest BCUT2D eigenvalue weighted by atomic mass is 32.1. The Morgan fingerprint density at radius 3 is 2.21 bits per heavy atom. The number of hydrogen-bond acceptors (Lipinski definition) is 6. The lowest BCUT2D eigenvalue weighted by atomic mass is 9.93. The van der Waals surface area contributed by atoms with Crippen LogP contribution in [0.5, 0.6) is 5.75 Å². The third-order valence-electron chi connectivity index (χ3n) is 6.47. The van der Waals surface area contributed by atoms with Crippen LogP contribution in [0.15, 0.2) is 48.5 Å². The molecule has 2 unspecified atom stereocenters. The van der Waals surface area contributed by atoms with Gasteiger partial charge in [0.15, 0.2) is 0 Å². The van der Waals surface area contributed by atoms with E-state index >= 15 is 0 Å². The number of thiophene rings is 1. The molecule has 0 aliphatic heterocycles. The van der Waals surface area contributed by atoms with Gasteiger partial charge in [0.1, 0.15) is 18.1 Å². The molecule has 0 saturated carbocycles. The number of hydrogen-bond donors (Lipinski definition) is 2. The van der Waals surface area contributed by atoms with Gasteiger partial charge in [-0.05, 0) is 78.3 Å². The standard InChI is InChI=1S/C30H36F3NO4S/c1-18(2)21-6-8-22(9-7-21)28-19(3)16-23(17-20(28)4)38-24(12-14-30(31,32)33)25-10-11-26(39-25)29(36)34-15-13-27(35)37-5/h6-11,16-18,24,29,34,36H,12-15H2,1-5H3. The lowest BCUT2D eigenvalue weighted by Crippen LogP contribution is -2.23. The minimum atomic E-state index is -4.32. The van der Waals surface area contributed by atoms with E-state index in [4.69, 9.17) is 4.74 Å². The van der Waals surface area contributed by atoms with Gasteiger partial charge in [-0.25, -0.2) is 0 Å². The van der Waals surface area contributed by atoms with Crippen molar-refractivity contribution in [2.75, 3.05) is 13.7 Å². The van der Waals surface area contributed by atoms with Gasteiger partial charge in [-0.3, -0.25) is 10.1 Å². The first-order valence-corrected chi connectivity index (χ1v) is 13.7. The van der Waals surface area contributed by atoms with Crippen molar-refractivity contribution in [2.45, 2.75) is 71.4 Å². The zero-order chi connectivity index (χ0) is 28.7. The molecule has 9 heteroatoms. The molecule has 0 saturated heterocycles. The summed E-state index contributed by atoms with van der Waals surface area (Å²) in [5.41, 5.74) is 5.33. The van der Waals surface area contributed by atoms with Crippen LogP contribution in [-0.2, 0) is 9.53 Å². The summed E-state index contributed by atoms with van der Waals surface area (Å²) in [6, 6.07) is 15.5. The monoisotopic (exact) mass is 563 g/mol. The van der Waals surface area contributed by atoms with Crippen LogP contribution in [0.25, 0.3) is 11.1 Å². The third kappa shape index (κ3) is 8.81. The predicted molar refractivity (Wildman–Crippen MR) is 148 cm³/mol. The van der Waals surface area contributed by atoms with E-state index in [2.05, 4.69) is 48.2 Å². The van der Waals surface area contributed by atoms with Crippen LogP contribution in [0.4, 0.5) is 13.2 Å². The maximum atomic E-state index is 13.1. The quantitative estimate of drug-likeness (QED) is 0.174. The lowest BCUT2D eigenvalue weighted by Gasteiger charge is -2.21. The molecule has 0 radical (unpaired) electrons. The summed E-state index contributed by atoms with van der Waals surface area (Å²) in [4.78, 5) is 12.4. The minimum absolute atomic E-state index is 0.0830. The number of halogens is 3. The normalized spacial score (nSPS) is 13.4. The number of nitrogens with one attached hydrogen (secondary N) is 1. The van der Waals surface area contributed by atoms with E-state index in [1.54, 1.807) is 12.1 Å². The molecule has 3 aromatic rings. The second-order valence-electron chi connectivity index (χ2n) is 9.89. The first kappa shape index (κ1) is 30.7. The Morgan fingerprint density at radius 1 is 1.03 bits per heavy atom. The number of esters is 1.